The summed E-state index contributed by atoms with van der Waals surface area (Å²) < 4.78 is 5.44. The van der Waals surface area contributed by atoms with Crippen LogP contribution in [0, 0.1) is 0 Å². The number of rotatable bonds is 8. The predicted molar refractivity (Wildman–Crippen MR) is 109 cm³/mol. The minimum absolute atomic E-state index is 0.126. The molecule has 1 aromatic heterocycles. The van der Waals surface area contributed by atoms with Crippen LogP contribution in [0.3, 0.4) is 0 Å². The van der Waals surface area contributed by atoms with Gasteiger partial charge in [-0.15, -0.1) is 0 Å². The Labute approximate surface area is 160 Å². The highest BCUT2D eigenvalue weighted by molar-refractivity contribution is 5.92. The van der Waals surface area contributed by atoms with Crippen LogP contribution in [0.25, 0.3) is 0 Å². The first-order valence-corrected chi connectivity index (χ1v) is 9.66. The molecule has 0 spiro atoms. The Morgan fingerprint density at radius 2 is 1.93 bits per heavy atom. The third-order valence-corrected chi connectivity index (χ3v) is 4.57. The van der Waals surface area contributed by atoms with Crippen LogP contribution in [0.2, 0.25) is 0 Å². The molecule has 0 saturated carbocycles. The molecule has 5 heteroatoms. The van der Waals surface area contributed by atoms with Gasteiger partial charge in [-0.2, -0.15) is 0 Å². The highest BCUT2D eigenvalue weighted by Gasteiger charge is 2.08. The monoisotopic (exact) mass is 365 g/mol. The Balaban J connectivity index is 1.48. The van der Waals surface area contributed by atoms with E-state index in [0.717, 1.165) is 23.5 Å². The Bertz CT molecular complexity index is 767. The first kappa shape index (κ1) is 19.0. The summed E-state index contributed by atoms with van der Waals surface area (Å²) in [5.74, 6) is 0.719. The van der Waals surface area contributed by atoms with Gasteiger partial charge in [0.25, 0.3) is 5.91 Å². The topological polar surface area (TPSA) is 63.2 Å². The van der Waals surface area contributed by atoms with Gasteiger partial charge in [0.1, 0.15) is 11.4 Å². The van der Waals surface area contributed by atoms with Crippen molar-refractivity contribution in [3.05, 3.63) is 59.9 Å². The number of hydrogen-bond donors (Lipinski definition) is 2. The number of hydrogen-bond acceptors (Lipinski definition) is 4. The van der Waals surface area contributed by atoms with Crippen molar-refractivity contribution in [3.8, 4) is 5.75 Å². The van der Waals surface area contributed by atoms with Crippen LogP contribution in [-0.2, 0) is 0 Å². The molecule has 142 valence electrons. The van der Waals surface area contributed by atoms with Gasteiger partial charge in [0.15, 0.2) is 0 Å². The second-order valence-electron chi connectivity index (χ2n) is 6.63. The van der Waals surface area contributed by atoms with Crippen LogP contribution >= 0.6 is 0 Å². The minimum atomic E-state index is -0.126. The molecule has 1 aliphatic carbocycles. The van der Waals surface area contributed by atoms with E-state index in [1.54, 1.807) is 12.3 Å². The SMILES string of the molecule is CCOc1ccc(Nc2ccc(C(=O)NCCC3=CCCCC3)nc2)cc1. The molecule has 2 aromatic rings. The Hall–Kier alpha value is -2.82. The average Bonchev–Trinajstić information content (AvgIpc) is 2.71. The number of allylic oxidation sites excluding steroid dienone is 1. The molecule has 1 aromatic carbocycles. The molecule has 2 N–H and O–H groups in total. The van der Waals surface area contributed by atoms with Gasteiger partial charge in [-0.1, -0.05) is 11.6 Å². The van der Waals surface area contributed by atoms with Crippen LogP contribution in [-0.4, -0.2) is 24.0 Å². The van der Waals surface area contributed by atoms with Gasteiger partial charge in [-0.3, -0.25) is 4.79 Å². The van der Waals surface area contributed by atoms with Crippen molar-refractivity contribution in [2.75, 3.05) is 18.5 Å². The molecule has 0 aliphatic heterocycles. The van der Waals surface area contributed by atoms with Gasteiger partial charge in [-0.25, -0.2) is 4.98 Å². The summed E-state index contributed by atoms with van der Waals surface area (Å²) in [6.45, 7) is 3.28. The lowest BCUT2D eigenvalue weighted by Crippen LogP contribution is -2.25. The zero-order valence-corrected chi connectivity index (χ0v) is 15.8. The van der Waals surface area contributed by atoms with Gasteiger partial charge in [-0.05, 0) is 75.4 Å². The van der Waals surface area contributed by atoms with E-state index < -0.39 is 0 Å². The molecule has 0 radical (unpaired) electrons. The number of amides is 1. The van der Waals surface area contributed by atoms with Crippen molar-refractivity contribution < 1.29 is 9.53 Å². The number of nitrogens with zero attached hydrogens (tertiary/aromatic N) is 1. The maximum atomic E-state index is 12.2. The van der Waals surface area contributed by atoms with Crippen molar-refractivity contribution >= 4 is 17.3 Å². The van der Waals surface area contributed by atoms with Crippen LogP contribution in [0.4, 0.5) is 11.4 Å². The van der Waals surface area contributed by atoms with Gasteiger partial charge in [0, 0.05) is 12.2 Å². The van der Waals surface area contributed by atoms with Crippen LogP contribution in [0.15, 0.2) is 54.2 Å². The average molecular weight is 365 g/mol. The molecule has 27 heavy (non-hydrogen) atoms. The fraction of sp³-hybridized carbons (Fsp3) is 0.364. The van der Waals surface area contributed by atoms with Crippen LogP contribution in [0.1, 0.15) is 49.5 Å². The summed E-state index contributed by atoms with van der Waals surface area (Å²) in [5.41, 5.74) is 3.68. The third kappa shape index (κ3) is 5.84. The third-order valence-electron chi connectivity index (χ3n) is 4.57. The van der Waals surface area contributed by atoms with Crippen molar-refractivity contribution in [1.82, 2.24) is 10.3 Å². The van der Waals surface area contributed by atoms with Crippen molar-refractivity contribution in [2.24, 2.45) is 0 Å². The normalized spacial score (nSPS) is 13.6. The highest BCUT2D eigenvalue weighted by atomic mass is 16.5. The maximum absolute atomic E-state index is 12.2. The summed E-state index contributed by atoms with van der Waals surface area (Å²) in [6.07, 6.45) is 9.82. The van der Waals surface area contributed by atoms with E-state index in [4.69, 9.17) is 4.74 Å². The molecular weight excluding hydrogens is 338 g/mol. The molecular formula is C22H27N3O2. The number of nitrogens with one attached hydrogen (secondary N) is 2. The molecule has 0 atom stereocenters. The Morgan fingerprint density at radius 3 is 2.59 bits per heavy atom. The van der Waals surface area contributed by atoms with E-state index in [1.807, 2.05) is 37.3 Å². The number of ether oxygens (including phenoxy) is 1. The number of pyridine rings is 1. The van der Waals surface area contributed by atoms with Gasteiger partial charge >= 0.3 is 0 Å². The Morgan fingerprint density at radius 1 is 1.11 bits per heavy atom. The maximum Gasteiger partial charge on any atom is 0.269 e. The van der Waals surface area contributed by atoms with E-state index in [2.05, 4.69) is 21.7 Å². The molecule has 0 saturated heterocycles. The van der Waals surface area contributed by atoms with E-state index in [0.29, 0.717) is 18.8 Å². The van der Waals surface area contributed by atoms with Crippen molar-refractivity contribution in [1.29, 1.82) is 0 Å². The smallest absolute Gasteiger partial charge is 0.269 e. The number of carbonyl (C=O) groups is 1. The lowest BCUT2D eigenvalue weighted by Gasteiger charge is -2.13. The lowest BCUT2D eigenvalue weighted by molar-refractivity contribution is 0.0949. The first-order chi connectivity index (χ1) is 13.2. The van der Waals surface area contributed by atoms with Gasteiger partial charge in [0.2, 0.25) is 0 Å². The fourth-order valence-electron chi connectivity index (χ4n) is 3.13. The molecule has 1 aliphatic rings. The van der Waals surface area contributed by atoms with Gasteiger partial charge in [0.05, 0.1) is 18.5 Å². The zero-order valence-electron chi connectivity index (χ0n) is 15.8. The van der Waals surface area contributed by atoms with Crippen LogP contribution in [0.5, 0.6) is 5.75 Å². The minimum Gasteiger partial charge on any atom is -0.494 e. The number of anilines is 2. The summed E-state index contributed by atoms with van der Waals surface area (Å²) in [5, 5.41) is 6.23. The number of carbonyl (C=O) groups excluding carboxylic acids is 1. The van der Waals surface area contributed by atoms with E-state index in [9.17, 15) is 4.79 Å². The zero-order chi connectivity index (χ0) is 18.9. The second-order valence-corrected chi connectivity index (χ2v) is 6.63. The lowest BCUT2D eigenvalue weighted by atomic mass is 9.97. The largest absolute Gasteiger partial charge is 0.494 e. The first-order valence-electron chi connectivity index (χ1n) is 9.66. The van der Waals surface area contributed by atoms with Crippen molar-refractivity contribution in [3.63, 3.8) is 0 Å². The summed E-state index contributed by atoms with van der Waals surface area (Å²) in [4.78, 5) is 16.5. The highest BCUT2D eigenvalue weighted by Crippen LogP contribution is 2.20. The van der Waals surface area contributed by atoms with Gasteiger partial charge < -0.3 is 15.4 Å². The second kappa shape index (κ2) is 9.76. The molecule has 0 unspecified atom stereocenters. The van der Waals surface area contributed by atoms with Crippen molar-refractivity contribution in [2.45, 2.75) is 39.0 Å². The Kier molecular flexibility index (Phi) is 6.85. The quantitative estimate of drug-likeness (QED) is 0.657. The van der Waals surface area contributed by atoms with E-state index in [1.165, 1.54) is 31.3 Å². The summed E-state index contributed by atoms with van der Waals surface area (Å²) in [6, 6.07) is 11.3. The molecule has 1 heterocycles. The van der Waals surface area contributed by atoms with E-state index >= 15 is 0 Å². The van der Waals surface area contributed by atoms with Crippen LogP contribution < -0.4 is 15.4 Å². The molecule has 3 rings (SSSR count). The number of aromatic nitrogens is 1. The summed E-state index contributed by atoms with van der Waals surface area (Å²) in [7, 11) is 0. The molecule has 5 nitrogen and oxygen atoms in total. The number of benzene rings is 1. The molecule has 0 bridgehead atoms. The predicted octanol–water partition coefficient (Wildman–Crippen LogP) is 4.84. The molecule has 1 amide bonds. The summed E-state index contributed by atoms with van der Waals surface area (Å²) >= 11 is 0. The molecule has 0 fully saturated rings. The van der Waals surface area contributed by atoms with E-state index in [-0.39, 0.29) is 5.91 Å². The standard InChI is InChI=1S/C22H27N3O2/c1-2-27-20-11-8-18(9-12-20)25-19-10-13-21(24-16-19)22(26)23-15-14-17-6-4-3-5-7-17/h6,8-13,16,25H,2-5,7,14-15H2,1H3,(H,23,26). The fourth-order valence-corrected chi connectivity index (χ4v) is 3.13.